The number of carbonyl (C=O) groups is 1. The average molecular weight is 357 g/mol. The zero-order valence-electron chi connectivity index (χ0n) is 13.5. The summed E-state index contributed by atoms with van der Waals surface area (Å²) in [5, 5.41) is 9.54. The minimum atomic E-state index is -4.68. The highest BCUT2D eigenvalue weighted by atomic mass is 32.3. The normalized spacial score (nSPS) is 15.3. The number of hydrogen-bond donors (Lipinski definition) is 2. The van der Waals surface area contributed by atoms with Crippen LogP contribution in [-0.2, 0) is 21.6 Å². The van der Waals surface area contributed by atoms with Crippen LogP contribution in [0.15, 0.2) is 18.2 Å². The Hall–Kier alpha value is -1.80. The van der Waals surface area contributed by atoms with Gasteiger partial charge in [0.15, 0.2) is 11.5 Å². The minimum absolute atomic E-state index is 0.191. The van der Waals surface area contributed by atoms with Crippen LogP contribution < -0.4 is 4.18 Å². The van der Waals surface area contributed by atoms with Crippen molar-refractivity contribution < 1.29 is 27.1 Å². The molecule has 7 nitrogen and oxygen atoms in total. The predicted octanol–water partition coefficient (Wildman–Crippen LogP) is 2.30. The number of nitrogens with zero attached hydrogens (tertiary/aromatic N) is 1. The number of amides is 1. The summed E-state index contributed by atoms with van der Waals surface area (Å²) in [7, 11) is -4.68. The molecule has 1 aromatic rings. The maximum absolute atomic E-state index is 12.0. The van der Waals surface area contributed by atoms with Gasteiger partial charge in [-0.3, -0.25) is 9.35 Å². The topological polar surface area (TPSA) is 104 Å². The maximum Gasteiger partial charge on any atom is 0.446 e. The van der Waals surface area contributed by atoms with E-state index in [4.69, 9.17) is 4.55 Å². The van der Waals surface area contributed by atoms with Crippen LogP contribution in [0.1, 0.15) is 44.1 Å². The molecule has 1 aliphatic heterocycles. The Labute approximate surface area is 142 Å². The second kappa shape index (κ2) is 8.34. The molecule has 24 heavy (non-hydrogen) atoms. The van der Waals surface area contributed by atoms with E-state index in [1.807, 2.05) is 4.90 Å². The van der Waals surface area contributed by atoms with Gasteiger partial charge in [0.05, 0.1) is 0 Å². The summed E-state index contributed by atoms with van der Waals surface area (Å²) < 4.78 is 34.5. The standard InChI is InChI=1S/C16H23NO6S/c18-14-9-8-13(12-15(14)23-24(20,21)22)6-2-3-7-16(19)17-10-4-1-5-11-17/h8-9,12,18H,1-7,10-11H2,(H,20,21,22). The summed E-state index contributed by atoms with van der Waals surface area (Å²) in [6, 6.07) is 4.34. The second-order valence-corrected chi connectivity index (χ2v) is 6.98. The lowest BCUT2D eigenvalue weighted by Gasteiger charge is -2.26. The number of piperidine rings is 1. The fourth-order valence-electron chi connectivity index (χ4n) is 2.80. The number of aromatic hydroxyl groups is 1. The monoisotopic (exact) mass is 357 g/mol. The Morgan fingerprint density at radius 1 is 1.17 bits per heavy atom. The third-order valence-electron chi connectivity index (χ3n) is 4.03. The Balaban J connectivity index is 1.79. The molecule has 1 amide bonds. The van der Waals surface area contributed by atoms with Gasteiger partial charge in [-0.1, -0.05) is 6.07 Å². The molecule has 1 aliphatic rings. The Bertz CT molecular complexity index is 667. The quantitative estimate of drug-likeness (QED) is 0.573. The van der Waals surface area contributed by atoms with Crippen LogP contribution in [-0.4, -0.2) is 42.0 Å². The Kier molecular flexibility index (Phi) is 6.44. The van der Waals surface area contributed by atoms with Crippen molar-refractivity contribution >= 4 is 16.3 Å². The molecule has 134 valence electrons. The molecule has 2 rings (SSSR count). The molecule has 1 saturated heterocycles. The number of unbranched alkanes of at least 4 members (excludes halogenated alkanes) is 1. The van der Waals surface area contributed by atoms with Crippen LogP contribution in [0.4, 0.5) is 0 Å². The number of carbonyl (C=O) groups excluding carboxylic acids is 1. The van der Waals surface area contributed by atoms with Gasteiger partial charge in [0.2, 0.25) is 5.91 Å². The lowest BCUT2D eigenvalue weighted by Crippen LogP contribution is -2.35. The van der Waals surface area contributed by atoms with Crippen molar-refractivity contribution in [3.05, 3.63) is 23.8 Å². The highest BCUT2D eigenvalue weighted by Gasteiger charge is 2.16. The van der Waals surface area contributed by atoms with Gasteiger partial charge < -0.3 is 14.2 Å². The number of aryl methyl sites for hydroxylation is 1. The maximum atomic E-state index is 12.0. The largest absolute Gasteiger partial charge is 0.504 e. The molecule has 8 heteroatoms. The molecule has 0 radical (unpaired) electrons. The van der Waals surface area contributed by atoms with Crippen molar-refractivity contribution in [1.29, 1.82) is 0 Å². The highest BCUT2D eigenvalue weighted by molar-refractivity contribution is 7.81. The van der Waals surface area contributed by atoms with Gasteiger partial charge in [-0.25, -0.2) is 0 Å². The average Bonchev–Trinajstić information content (AvgIpc) is 2.54. The fraction of sp³-hybridized carbons (Fsp3) is 0.562. The summed E-state index contributed by atoms with van der Waals surface area (Å²) in [4.78, 5) is 14.0. The van der Waals surface area contributed by atoms with Crippen LogP contribution >= 0.6 is 0 Å². The second-order valence-electron chi connectivity index (χ2n) is 5.96. The molecule has 0 aromatic heterocycles. The molecule has 0 bridgehead atoms. The number of likely N-dealkylation sites (tertiary alicyclic amines) is 1. The zero-order valence-corrected chi connectivity index (χ0v) is 14.3. The van der Waals surface area contributed by atoms with E-state index in [0.29, 0.717) is 12.8 Å². The van der Waals surface area contributed by atoms with E-state index in [1.54, 1.807) is 6.07 Å². The molecule has 0 unspecified atom stereocenters. The van der Waals surface area contributed by atoms with Crippen LogP contribution in [0.25, 0.3) is 0 Å². The Morgan fingerprint density at radius 2 is 1.88 bits per heavy atom. The predicted molar refractivity (Wildman–Crippen MR) is 88.3 cm³/mol. The molecule has 1 heterocycles. The van der Waals surface area contributed by atoms with E-state index in [9.17, 15) is 18.3 Å². The lowest BCUT2D eigenvalue weighted by atomic mass is 10.1. The SMILES string of the molecule is O=C(CCCCc1ccc(O)c(OS(=O)(=O)O)c1)N1CCCCC1. The van der Waals surface area contributed by atoms with E-state index in [2.05, 4.69) is 4.18 Å². The van der Waals surface area contributed by atoms with Crippen molar-refractivity contribution in [2.45, 2.75) is 44.9 Å². The number of phenols is 1. The van der Waals surface area contributed by atoms with Crippen LogP contribution in [0.3, 0.4) is 0 Å². The van der Waals surface area contributed by atoms with Crippen molar-refractivity contribution in [3.8, 4) is 11.5 Å². The Morgan fingerprint density at radius 3 is 2.54 bits per heavy atom. The summed E-state index contributed by atoms with van der Waals surface area (Å²) in [5.41, 5.74) is 0.761. The van der Waals surface area contributed by atoms with Crippen LogP contribution in [0.2, 0.25) is 0 Å². The van der Waals surface area contributed by atoms with E-state index in [1.165, 1.54) is 18.6 Å². The van der Waals surface area contributed by atoms with Crippen molar-refractivity contribution in [3.63, 3.8) is 0 Å². The first kappa shape index (κ1) is 18.5. The van der Waals surface area contributed by atoms with Crippen molar-refractivity contribution in [2.75, 3.05) is 13.1 Å². The van der Waals surface area contributed by atoms with Gasteiger partial charge in [0.1, 0.15) is 0 Å². The summed E-state index contributed by atoms with van der Waals surface area (Å²) >= 11 is 0. The molecule has 1 fully saturated rings. The number of hydrogen-bond acceptors (Lipinski definition) is 5. The first-order chi connectivity index (χ1) is 11.3. The summed E-state index contributed by atoms with van der Waals surface area (Å²) in [5.74, 6) is -0.480. The van der Waals surface area contributed by atoms with E-state index >= 15 is 0 Å². The molecule has 0 atom stereocenters. The van der Waals surface area contributed by atoms with Gasteiger partial charge in [0.25, 0.3) is 0 Å². The third kappa shape index (κ3) is 6.01. The van der Waals surface area contributed by atoms with Gasteiger partial charge >= 0.3 is 10.4 Å². The number of rotatable bonds is 7. The zero-order chi connectivity index (χ0) is 17.6. The molecule has 1 aromatic carbocycles. The molecule has 0 aliphatic carbocycles. The van der Waals surface area contributed by atoms with Gasteiger partial charge in [-0.2, -0.15) is 8.42 Å². The minimum Gasteiger partial charge on any atom is -0.504 e. The molecule has 0 saturated carbocycles. The van der Waals surface area contributed by atoms with E-state index in [-0.39, 0.29) is 17.4 Å². The molecular weight excluding hydrogens is 334 g/mol. The van der Waals surface area contributed by atoms with Crippen LogP contribution in [0.5, 0.6) is 11.5 Å². The highest BCUT2D eigenvalue weighted by Crippen LogP contribution is 2.28. The number of phenolic OH excluding ortho intramolecular Hbond substituents is 1. The van der Waals surface area contributed by atoms with Crippen molar-refractivity contribution in [2.24, 2.45) is 0 Å². The lowest BCUT2D eigenvalue weighted by molar-refractivity contribution is -0.132. The first-order valence-electron chi connectivity index (χ1n) is 8.12. The molecule has 2 N–H and O–H groups in total. The fourth-order valence-corrected chi connectivity index (χ4v) is 3.16. The van der Waals surface area contributed by atoms with Crippen LogP contribution in [0, 0.1) is 0 Å². The smallest absolute Gasteiger partial charge is 0.446 e. The van der Waals surface area contributed by atoms with Crippen molar-refractivity contribution in [1.82, 2.24) is 4.90 Å². The van der Waals surface area contributed by atoms with Gasteiger partial charge in [-0.15, -0.1) is 0 Å². The summed E-state index contributed by atoms with van der Waals surface area (Å²) in [6.45, 7) is 1.71. The third-order valence-corrected chi connectivity index (χ3v) is 4.42. The molecular formula is C16H23NO6S. The molecule has 0 spiro atoms. The van der Waals surface area contributed by atoms with E-state index in [0.717, 1.165) is 44.3 Å². The van der Waals surface area contributed by atoms with Gasteiger partial charge in [0, 0.05) is 19.5 Å². The first-order valence-corrected chi connectivity index (χ1v) is 9.48. The van der Waals surface area contributed by atoms with E-state index < -0.39 is 10.4 Å². The summed E-state index contributed by atoms with van der Waals surface area (Å²) in [6.07, 6.45) is 5.98. The number of benzene rings is 1. The van der Waals surface area contributed by atoms with Gasteiger partial charge in [-0.05, 0) is 56.2 Å².